The van der Waals surface area contributed by atoms with Gasteiger partial charge in [0.15, 0.2) is 0 Å². The molecule has 1 fully saturated rings. The van der Waals surface area contributed by atoms with E-state index >= 15 is 0 Å². The van der Waals surface area contributed by atoms with E-state index in [1.54, 1.807) is 11.0 Å². The molecule has 3 N–H and O–H groups in total. The average Bonchev–Trinajstić information content (AvgIpc) is 3.05. The van der Waals surface area contributed by atoms with Gasteiger partial charge >= 0.3 is 0 Å². The molecule has 1 aliphatic carbocycles. The first-order chi connectivity index (χ1) is 22.9. The molecule has 1 saturated carbocycles. The van der Waals surface area contributed by atoms with Crippen LogP contribution in [0, 0.1) is 11.8 Å². The zero-order valence-corrected chi connectivity index (χ0v) is 29.4. The van der Waals surface area contributed by atoms with Crippen LogP contribution >= 0.6 is 0 Å². The van der Waals surface area contributed by atoms with Gasteiger partial charge in [-0.1, -0.05) is 25.1 Å². The number of nitrogens with two attached hydrogens (primary N) is 1. The van der Waals surface area contributed by atoms with Gasteiger partial charge in [0.1, 0.15) is 5.75 Å². The molecule has 11 heteroatoms. The number of hydrogen-bond acceptors (Lipinski definition) is 7. The van der Waals surface area contributed by atoms with Gasteiger partial charge in [-0.2, -0.15) is 0 Å². The van der Waals surface area contributed by atoms with Crippen LogP contribution in [-0.4, -0.2) is 111 Å². The van der Waals surface area contributed by atoms with Crippen molar-refractivity contribution in [2.24, 2.45) is 17.6 Å². The van der Waals surface area contributed by atoms with E-state index < -0.39 is 5.91 Å². The van der Waals surface area contributed by atoms with Crippen molar-refractivity contribution in [2.75, 3.05) is 72.8 Å². The van der Waals surface area contributed by atoms with Crippen LogP contribution in [0.2, 0.25) is 0 Å². The normalized spacial score (nSPS) is 19.3. The van der Waals surface area contributed by atoms with Crippen LogP contribution in [-0.2, 0) is 20.8 Å². The number of benzene rings is 2. The van der Waals surface area contributed by atoms with Crippen molar-refractivity contribution in [1.29, 1.82) is 0 Å². The quantitative estimate of drug-likeness (QED) is 0.262. The lowest BCUT2D eigenvalue weighted by Crippen LogP contribution is -2.45. The molecule has 0 radical (unpaired) electrons. The highest BCUT2D eigenvalue weighted by atomic mass is 16.5. The Labute approximate surface area is 285 Å². The van der Waals surface area contributed by atoms with Crippen molar-refractivity contribution in [3.05, 3.63) is 59.2 Å². The minimum atomic E-state index is -0.579. The van der Waals surface area contributed by atoms with Crippen LogP contribution in [0.5, 0.6) is 5.75 Å². The third kappa shape index (κ3) is 10.5. The number of nitrogens with zero attached hydrogens (tertiary/aromatic N) is 4. The summed E-state index contributed by atoms with van der Waals surface area (Å²) in [6, 6.07) is 13.1. The molecule has 0 aromatic heterocycles. The van der Waals surface area contributed by atoms with Gasteiger partial charge in [0.25, 0.3) is 5.91 Å². The second kappa shape index (κ2) is 17.4. The third-order valence-electron chi connectivity index (χ3n) is 9.41. The molecule has 2 aromatic carbocycles. The molecular weight excluding hydrogens is 608 g/mol. The first-order valence-electron chi connectivity index (χ1n) is 17.2. The lowest BCUT2D eigenvalue weighted by molar-refractivity contribution is -0.135. The number of ether oxygens (including phenoxy) is 1. The van der Waals surface area contributed by atoms with Gasteiger partial charge in [0.2, 0.25) is 17.7 Å². The van der Waals surface area contributed by atoms with Crippen molar-refractivity contribution >= 4 is 29.3 Å². The van der Waals surface area contributed by atoms with Gasteiger partial charge in [-0.3, -0.25) is 19.2 Å². The topological polar surface area (TPSA) is 129 Å². The van der Waals surface area contributed by atoms with E-state index in [1.807, 2.05) is 69.5 Å². The molecule has 1 aliphatic heterocycles. The van der Waals surface area contributed by atoms with Gasteiger partial charge in [-0.05, 0) is 108 Å². The summed E-state index contributed by atoms with van der Waals surface area (Å²) in [5.74, 6) is 0.376. The second-order valence-electron chi connectivity index (χ2n) is 13.9. The molecular formula is C37H54N6O5. The zero-order valence-electron chi connectivity index (χ0n) is 29.4. The predicted octanol–water partition coefficient (Wildman–Crippen LogP) is 3.79. The lowest BCUT2D eigenvalue weighted by atomic mass is 9.82. The number of amides is 4. The number of fused-ring (bicyclic) bond motifs is 1. The molecule has 1 heterocycles. The number of likely N-dealkylation sites (N-methyl/N-ethyl adjacent to an activating group) is 1. The Balaban J connectivity index is 1.54. The van der Waals surface area contributed by atoms with Gasteiger partial charge < -0.3 is 35.4 Å². The first kappa shape index (κ1) is 36.9. The smallest absolute Gasteiger partial charge is 0.254 e. The number of carbonyl (C=O) groups excluding carboxylic acids is 4. The number of primary amides is 1. The summed E-state index contributed by atoms with van der Waals surface area (Å²) < 4.78 is 5.94. The molecule has 262 valence electrons. The Hall–Kier alpha value is -3.96. The van der Waals surface area contributed by atoms with Crippen molar-refractivity contribution in [3.8, 4) is 5.75 Å². The molecule has 4 rings (SSSR count). The average molecular weight is 663 g/mol. The summed E-state index contributed by atoms with van der Waals surface area (Å²) in [5.41, 5.74) is 8.42. The Morgan fingerprint density at radius 3 is 2.27 bits per heavy atom. The van der Waals surface area contributed by atoms with Gasteiger partial charge in [0, 0.05) is 49.8 Å². The molecule has 4 amide bonds. The minimum absolute atomic E-state index is 0.00160. The summed E-state index contributed by atoms with van der Waals surface area (Å²) in [7, 11) is 7.86. The SMILES string of the molecule is CC1CCC(C(=O)Nc2ccc3c(c2)C(=O)N(CCC(=O)N(CCN(C)C)CC(N)=O)C(c2ccc(OCCCN(C)C)cc2)C3)CC1. The molecule has 2 aliphatic rings. The number of rotatable bonds is 16. The summed E-state index contributed by atoms with van der Waals surface area (Å²) in [4.78, 5) is 59.7. The van der Waals surface area contributed by atoms with E-state index in [1.165, 1.54) is 4.90 Å². The highest BCUT2D eigenvalue weighted by Gasteiger charge is 2.34. The predicted molar refractivity (Wildman–Crippen MR) is 188 cm³/mol. The van der Waals surface area contributed by atoms with Crippen LogP contribution in [0.1, 0.15) is 73.0 Å². The number of hydrogen-bond donors (Lipinski definition) is 2. The van der Waals surface area contributed by atoms with E-state index in [2.05, 4.69) is 17.1 Å². The summed E-state index contributed by atoms with van der Waals surface area (Å²) in [5, 5.41) is 3.06. The van der Waals surface area contributed by atoms with E-state index in [0.29, 0.717) is 43.3 Å². The molecule has 0 spiro atoms. The highest BCUT2D eigenvalue weighted by molar-refractivity contribution is 6.00. The van der Waals surface area contributed by atoms with Crippen LogP contribution < -0.4 is 15.8 Å². The second-order valence-corrected chi connectivity index (χ2v) is 13.9. The summed E-state index contributed by atoms with van der Waals surface area (Å²) >= 11 is 0. The van der Waals surface area contributed by atoms with Gasteiger partial charge in [-0.15, -0.1) is 0 Å². The van der Waals surface area contributed by atoms with Crippen LogP contribution in [0.3, 0.4) is 0 Å². The monoisotopic (exact) mass is 662 g/mol. The number of anilines is 1. The van der Waals surface area contributed by atoms with Crippen LogP contribution in [0.25, 0.3) is 0 Å². The van der Waals surface area contributed by atoms with Crippen LogP contribution in [0.4, 0.5) is 5.69 Å². The Bertz CT molecular complexity index is 1400. The van der Waals surface area contributed by atoms with Crippen molar-refractivity contribution in [1.82, 2.24) is 19.6 Å². The van der Waals surface area contributed by atoms with E-state index in [-0.39, 0.29) is 49.2 Å². The number of carbonyl (C=O) groups is 4. The molecule has 0 saturated heterocycles. The number of nitrogens with one attached hydrogen (secondary N) is 1. The van der Waals surface area contributed by atoms with Crippen LogP contribution in [0.15, 0.2) is 42.5 Å². The van der Waals surface area contributed by atoms with Crippen molar-refractivity contribution in [2.45, 2.75) is 57.9 Å². The standard InChI is InChI=1S/C37H54N6O5/c1-26-7-9-28(10-8-26)36(46)39-30-14-11-29-23-33(27-12-15-31(16-13-27)48-22-6-18-40(2)3)43(37(47)32(29)24-30)19-17-35(45)42(25-34(38)44)21-20-41(4)5/h11-16,24,26,28,33H,6-10,17-23,25H2,1-5H3,(H2,38,44)(H,39,46). The fourth-order valence-corrected chi connectivity index (χ4v) is 6.50. The third-order valence-corrected chi connectivity index (χ3v) is 9.41. The highest BCUT2D eigenvalue weighted by Crippen LogP contribution is 2.36. The minimum Gasteiger partial charge on any atom is -0.494 e. The van der Waals surface area contributed by atoms with Gasteiger partial charge in [0.05, 0.1) is 19.2 Å². The molecule has 2 aromatic rings. The summed E-state index contributed by atoms with van der Waals surface area (Å²) in [6.45, 7) is 4.70. The molecule has 11 nitrogen and oxygen atoms in total. The summed E-state index contributed by atoms with van der Waals surface area (Å²) in [6.07, 6.45) is 5.36. The zero-order chi connectivity index (χ0) is 34.8. The van der Waals surface area contributed by atoms with Gasteiger partial charge in [-0.25, -0.2) is 0 Å². The maximum absolute atomic E-state index is 14.2. The first-order valence-corrected chi connectivity index (χ1v) is 17.2. The fourth-order valence-electron chi connectivity index (χ4n) is 6.50. The molecule has 1 atom stereocenters. The Kier molecular flexibility index (Phi) is 13.4. The fraction of sp³-hybridized carbons (Fsp3) is 0.568. The lowest BCUT2D eigenvalue weighted by Gasteiger charge is -2.37. The van der Waals surface area contributed by atoms with Crippen molar-refractivity contribution < 1.29 is 23.9 Å². The molecule has 0 bridgehead atoms. The van der Waals surface area contributed by atoms with E-state index in [4.69, 9.17) is 10.5 Å². The van der Waals surface area contributed by atoms with E-state index in [9.17, 15) is 19.2 Å². The Morgan fingerprint density at radius 2 is 1.62 bits per heavy atom. The Morgan fingerprint density at radius 1 is 0.938 bits per heavy atom. The van der Waals surface area contributed by atoms with Crippen molar-refractivity contribution in [3.63, 3.8) is 0 Å². The maximum Gasteiger partial charge on any atom is 0.254 e. The van der Waals surface area contributed by atoms with E-state index in [0.717, 1.165) is 55.5 Å². The molecule has 48 heavy (non-hydrogen) atoms. The maximum atomic E-state index is 14.2. The molecule has 1 unspecified atom stereocenters. The largest absolute Gasteiger partial charge is 0.494 e.